The minimum Gasteiger partial charge on any atom is -0.380 e. The summed E-state index contributed by atoms with van der Waals surface area (Å²) in [5, 5.41) is 22.6. The van der Waals surface area contributed by atoms with E-state index in [1.807, 2.05) is 0 Å². The number of hydrogen-bond donors (Lipinski definition) is 1. The van der Waals surface area contributed by atoms with Crippen LogP contribution in [0.3, 0.4) is 0 Å². The number of aromatic nitrogens is 1. The van der Waals surface area contributed by atoms with Gasteiger partial charge in [-0.3, -0.25) is 10.1 Å². The van der Waals surface area contributed by atoms with Gasteiger partial charge in [-0.1, -0.05) is 13.3 Å². The van der Waals surface area contributed by atoms with Crippen LogP contribution in [0.15, 0.2) is 12.3 Å². The summed E-state index contributed by atoms with van der Waals surface area (Å²) in [6.07, 6.45) is 3.42. The molecule has 0 aliphatic heterocycles. The van der Waals surface area contributed by atoms with E-state index in [1.165, 1.54) is 12.3 Å². The van der Waals surface area contributed by atoms with Crippen molar-refractivity contribution in [2.24, 2.45) is 0 Å². The van der Waals surface area contributed by atoms with Crippen LogP contribution in [0, 0.1) is 21.4 Å². The van der Waals surface area contributed by atoms with Gasteiger partial charge in [-0.2, -0.15) is 5.26 Å². The molecule has 102 valence electrons. The van der Waals surface area contributed by atoms with Crippen LogP contribution >= 0.6 is 0 Å². The van der Waals surface area contributed by atoms with E-state index < -0.39 is 4.92 Å². The number of hydrogen-bond acceptors (Lipinski definition) is 6. The first-order chi connectivity index (χ1) is 9.20. The third-order valence-corrected chi connectivity index (χ3v) is 2.41. The van der Waals surface area contributed by atoms with E-state index in [9.17, 15) is 10.1 Å². The lowest BCUT2D eigenvalue weighted by Gasteiger charge is -2.07. The third-order valence-electron chi connectivity index (χ3n) is 2.41. The highest BCUT2D eigenvalue weighted by molar-refractivity contribution is 5.63. The standard InChI is InChI=1S/C12H16N4O3/c1-2-3-7-19-8-6-15-12-11(16(17)18)10(9-13)4-5-14-12/h4-5H,2-3,6-8H2,1H3,(H,14,15). The van der Waals surface area contributed by atoms with Gasteiger partial charge in [0.15, 0.2) is 0 Å². The molecule has 1 N–H and O–H groups in total. The Labute approximate surface area is 111 Å². The Morgan fingerprint density at radius 2 is 2.37 bits per heavy atom. The highest BCUT2D eigenvalue weighted by Crippen LogP contribution is 2.25. The van der Waals surface area contributed by atoms with Crippen LogP contribution in [0.5, 0.6) is 0 Å². The molecule has 1 aromatic heterocycles. The van der Waals surface area contributed by atoms with Gasteiger partial charge in [0.25, 0.3) is 0 Å². The van der Waals surface area contributed by atoms with Crippen molar-refractivity contribution < 1.29 is 9.66 Å². The van der Waals surface area contributed by atoms with Gasteiger partial charge in [0.1, 0.15) is 11.6 Å². The number of pyridine rings is 1. The average molecular weight is 264 g/mol. The van der Waals surface area contributed by atoms with Crippen LogP contribution in [-0.2, 0) is 4.74 Å². The van der Waals surface area contributed by atoms with Crippen molar-refractivity contribution in [2.75, 3.05) is 25.1 Å². The van der Waals surface area contributed by atoms with Gasteiger partial charge in [0.05, 0.1) is 11.5 Å². The molecule has 0 aromatic carbocycles. The first kappa shape index (κ1) is 14.9. The molecule has 19 heavy (non-hydrogen) atoms. The van der Waals surface area contributed by atoms with Crippen molar-refractivity contribution in [3.63, 3.8) is 0 Å². The van der Waals surface area contributed by atoms with Gasteiger partial charge < -0.3 is 10.1 Å². The molecule has 0 unspecified atom stereocenters. The molecular formula is C12H16N4O3. The van der Waals surface area contributed by atoms with E-state index in [0.29, 0.717) is 19.8 Å². The van der Waals surface area contributed by atoms with Crippen LogP contribution in [0.25, 0.3) is 0 Å². The highest BCUT2D eigenvalue weighted by atomic mass is 16.6. The van der Waals surface area contributed by atoms with E-state index in [1.54, 1.807) is 6.07 Å². The number of nitriles is 1. The maximum absolute atomic E-state index is 10.9. The summed E-state index contributed by atoms with van der Waals surface area (Å²) < 4.78 is 5.33. The minimum atomic E-state index is -0.605. The van der Waals surface area contributed by atoms with E-state index in [2.05, 4.69) is 17.2 Å². The van der Waals surface area contributed by atoms with E-state index in [-0.39, 0.29) is 17.1 Å². The fourth-order valence-electron chi connectivity index (χ4n) is 1.45. The summed E-state index contributed by atoms with van der Waals surface area (Å²) >= 11 is 0. The lowest BCUT2D eigenvalue weighted by molar-refractivity contribution is -0.384. The van der Waals surface area contributed by atoms with Crippen molar-refractivity contribution in [1.82, 2.24) is 4.98 Å². The molecule has 0 amide bonds. The summed E-state index contributed by atoms with van der Waals surface area (Å²) in [7, 11) is 0. The Kier molecular flexibility index (Phi) is 6.26. The SMILES string of the molecule is CCCCOCCNc1nccc(C#N)c1[N+](=O)[O-]. The second kappa shape index (κ2) is 8.00. The molecule has 0 aliphatic rings. The summed E-state index contributed by atoms with van der Waals surface area (Å²) in [5.41, 5.74) is -0.298. The van der Waals surface area contributed by atoms with Gasteiger partial charge in [0, 0.05) is 19.3 Å². The first-order valence-corrected chi connectivity index (χ1v) is 6.05. The predicted octanol–water partition coefficient (Wildman–Crippen LogP) is 2.09. The smallest absolute Gasteiger partial charge is 0.328 e. The number of nitrogens with one attached hydrogen (secondary N) is 1. The third kappa shape index (κ3) is 4.52. The molecule has 0 saturated heterocycles. The van der Waals surface area contributed by atoms with Crippen LogP contribution in [0.4, 0.5) is 11.5 Å². The Hall–Kier alpha value is -2.20. The molecule has 7 nitrogen and oxygen atoms in total. The molecule has 0 spiro atoms. The summed E-state index contributed by atoms with van der Waals surface area (Å²) in [4.78, 5) is 14.2. The number of unbranched alkanes of at least 4 members (excludes halogenated alkanes) is 1. The molecule has 0 fully saturated rings. The van der Waals surface area contributed by atoms with Crippen LogP contribution in [0.2, 0.25) is 0 Å². The first-order valence-electron chi connectivity index (χ1n) is 6.05. The second-order valence-corrected chi connectivity index (χ2v) is 3.82. The molecular weight excluding hydrogens is 248 g/mol. The molecule has 0 bridgehead atoms. The maximum Gasteiger partial charge on any atom is 0.328 e. The predicted molar refractivity (Wildman–Crippen MR) is 69.8 cm³/mol. The molecule has 0 aliphatic carbocycles. The van der Waals surface area contributed by atoms with Crippen molar-refractivity contribution >= 4 is 11.5 Å². The fraction of sp³-hybridized carbons (Fsp3) is 0.500. The summed E-state index contributed by atoms with van der Waals surface area (Å²) in [6.45, 7) is 3.59. The molecule has 0 radical (unpaired) electrons. The van der Waals surface area contributed by atoms with Crippen LogP contribution in [0.1, 0.15) is 25.3 Å². The lowest BCUT2D eigenvalue weighted by atomic mass is 10.2. The number of rotatable bonds is 8. The molecule has 7 heteroatoms. The Morgan fingerprint density at radius 3 is 3.00 bits per heavy atom. The number of nitro groups is 1. The zero-order chi connectivity index (χ0) is 14.1. The number of anilines is 1. The zero-order valence-corrected chi connectivity index (χ0v) is 10.8. The second-order valence-electron chi connectivity index (χ2n) is 3.82. The Morgan fingerprint density at radius 1 is 1.58 bits per heavy atom. The molecule has 1 rings (SSSR count). The highest BCUT2D eigenvalue weighted by Gasteiger charge is 2.20. The summed E-state index contributed by atoms with van der Waals surface area (Å²) in [5.74, 6) is 0.100. The quantitative estimate of drug-likeness (QED) is 0.438. The van der Waals surface area contributed by atoms with E-state index >= 15 is 0 Å². The summed E-state index contributed by atoms with van der Waals surface area (Å²) in [6, 6.07) is 3.10. The fourth-order valence-corrected chi connectivity index (χ4v) is 1.45. The minimum absolute atomic E-state index is 0.00518. The van der Waals surface area contributed by atoms with Crippen molar-refractivity contribution in [2.45, 2.75) is 19.8 Å². The Balaban J connectivity index is 2.59. The zero-order valence-electron chi connectivity index (χ0n) is 10.8. The van der Waals surface area contributed by atoms with Crippen LogP contribution in [-0.4, -0.2) is 29.7 Å². The molecule has 0 saturated carbocycles. The normalized spacial score (nSPS) is 9.89. The van der Waals surface area contributed by atoms with Crippen molar-refractivity contribution in [3.8, 4) is 6.07 Å². The largest absolute Gasteiger partial charge is 0.380 e. The van der Waals surface area contributed by atoms with Gasteiger partial charge in [-0.25, -0.2) is 4.98 Å². The average Bonchev–Trinajstić information content (AvgIpc) is 2.42. The van der Waals surface area contributed by atoms with E-state index in [0.717, 1.165) is 12.8 Å². The van der Waals surface area contributed by atoms with Gasteiger partial charge in [-0.05, 0) is 12.5 Å². The molecule has 0 atom stereocenters. The van der Waals surface area contributed by atoms with Gasteiger partial charge in [0.2, 0.25) is 5.82 Å². The molecule has 1 heterocycles. The Bertz CT molecular complexity index is 471. The number of ether oxygens (including phenoxy) is 1. The van der Waals surface area contributed by atoms with Crippen molar-refractivity contribution in [1.29, 1.82) is 5.26 Å². The number of nitrogens with zero attached hydrogens (tertiary/aromatic N) is 3. The lowest BCUT2D eigenvalue weighted by Crippen LogP contribution is -2.12. The topological polar surface area (TPSA) is 101 Å². The molecule has 1 aromatic rings. The monoisotopic (exact) mass is 264 g/mol. The van der Waals surface area contributed by atoms with Crippen molar-refractivity contribution in [3.05, 3.63) is 27.9 Å². The van der Waals surface area contributed by atoms with E-state index in [4.69, 9.17) is 10.00 Å². The van der Waals surface area contributed by atoms with Gasteiger partial charge >= 0.3 is 5.69 Å². The van der Waals surface area contributed by atoms with Gasteiger partial charge in [-0.15, -0.1) is 0 Å². The van der Waals surface area contributed by atoms with Crippen LogP contribution < -0.4 is 5.32 Å². The maximum atomic E-state index is 10.9.